The normalized spacial score (nSPS) is 11.6. The van der Waals surface area contributed by atoms with Crippen molar-refractivity contribution < 1.29 is 38.7 Å². The van der Waals surface area contributed by atoms with Gasteiger partial charge in [-0.15, -0.1) is 0 Å². The number of phenolic OH excluding ortho intramolecular Hbond substituents is 2. The molecule has 0 saturated carbocycles. The summed E-state index contributed by atoms with van der Waals surface area (Å²) < 4.78 is 26.1. The Kier molecular flexibility index (Phi) is 10.3. The molecule has 0 aromatic heterocycles. The van der Waals surface area contributed by atoms with Crippen molar-refractivity contribution in [2.24, 2.45) is 0 Å². The highest BCUT2D eigenvalue weighted by molar-refractivity contribution is 5.69. The number of methoxy groups -OCH3 is 5. The van der Waals surface area contributed by atoms with E-state index >= 15 is 0 Å². The molecule has 0 amide bonds. The first kappa shape index (κ1) is 27.6. The Labute approximate surface area is 201 Å². The predicted molar refractivity (Wildman–Crippen MR) is 127 cm³/mol. The van der Waals surface area contributed by atoms with Crippen LogP contribution in [0.4, 0.5) is 0 Å². The summed E-state index contributed by atoms with van der Waals surface area (Å²) in [7, 11) is 7.61. The molecule has 0 heterocycles. The maximum atomic E-state index is 12.1. The lowest BCUT2D eigenvalue weighted by Crippen LogP contribution is -2.26. The van der Waals surface area contributed by atoms with Crippen LogP contribution in [0.1, 0.15) is 53.1 Å². The van der Waals surface area contributed by atoms with E-state index in [2.05, 4.69) is 0 Å². The molecule has 0 spiro atoms. The molecule has 2 rings (SSSR count). The highest BCUT2D eigenvalue weighted by Gasteiger charge is 2.33. The molecule has 0 fully saturated rings. The summed E-state index contributed by atoms with van der Waals surface area (Å²) in [6.45, 7) is 2.87. The smallest absolute Gasteiger partial charge is 0.305 e. The van der Waals surface area contributed by atoms with Gasteiger partial charge in [0.05, 0.1) is 33.5 Å². The van der Waals surface area contributed by atoms with Crippen molar-refractivity contribution in [2.75, 3.05) is 35.5 Å². The van der Waals surface area contributed by atoms with Gasteiger partial charge >= 0.3 is 5.97 Å². The molecular weight excluding hydrogens is 440 g/mol. The molecule has 0 aliphatic carbocycles. The first-order valence-electron chi connectivity index (χ1n) is 11.0. The number of benzene rings is 2. The Morgan fingerprint density at radius 1 is 0.706 bits per heavy atom. The molecule has 0 unspecified atom stereocenters. The van der Waals surface area contributed by atoms with Gasteiger partial charge in [0.15, 0.2) is 0 Å². The molecule has 0 aliphatic heterocycles. The van der Waals surface area contributed by atoms with Crippen molar-refractivity contribution >= 4 is 5.97 Å². The van der Waals surface area contributed by atoms with Gasteiger partial charge in [-0.25, -0.2) is 0 Å². The second kappa shape index (κ2) is 12.7. The quantitative estimate of drug-likeness (QED) is 0.419. The minimum Gasteiger partial charge on any atom is -0.507 e. The van der Waals surface area contributed by atoms with E-state index in [1.165, 1.54) is 7.11 Å². The van der Waals surface area contributed by atoms with Crippen LogP contribution >= 0.6 is 0 Å². The first-order chi connectivity index (χ1) is 16.2. The molecule has 2 aromatic carbocycles. The molecule has 188 valence electrons. The summed E-state index contributed by atoms with van der Waals surface area (Å²) in [6, 6.07) is 7.53. The van der Waals surface area contributed by atoms with Gasteiger partial charge in [0.2, 0.25) is 0 Å². The maximum absolute atomic E-state index is 12.1. The number of hydrogen-bond acceptors (Lipinski definition) is 8. The van der Waals surface area contributed by atoms with Crippen LogP contribution in [0, 0.1) is 0 Å². The van der Waals surface area contributed by atoms with E-state index in [0.717, 1.165) is 11.1 Å². The summed E-state index contributed by atoms with van der Waals surface area (Å²) in [5.74, 6) is -0.0884. The highest BCUT2D eigenvalue weighted by atomic mass is 16.5. The molecule has 0 saturated heterocycles. The van der Waals surface area contributed by atoms with Crippen LogP contribution in [-0.2, 0) is 60.3 Å². The average molecular weight is 477 g/mol. The van der Waals surface area contributed by atoms with Gasteiger partial charge in [0.1, 0.15) is 11.5 Å². The van der Waals surface area contributed by atoms with Gasteiger partial charge in [-0.2, -0.15) is 0 Å². The fourth-order valence-corrected chi connectivity index (χ4v) is 4.13. The van der Waals surface area contributed by atoms with E-state index in [1.807, 2.05) is 31.2 Å². The van der Waals surface area contributed by atoms with E-state index in [9.17, 15) is 15.0 Å². The first-order valence-corrected chi connectivity index (χ1v) is 11.0. The number of phenols is 2. The number of ether oxygens (including phenoxy) is 5. The Morgan fingerprint density at radius 2 is 1.03 bits per heavy atom. The van der Waals surface area contributed by atoms with Crippen LogP contribution in [0.2, 0.25) is 0 Å². The molecule has 0 radical (unpaired) electrons. The molecule has 0 atom stereocenters. The van der Waals surface area contributed by atoms with Crippen LogP contribution in [0.15, 0.2) is 24.3 Å². The van der Waals surface area contributed by atoms with Crippen molar-refractivity contribution in [3.63, 3.8) is 0 Å². The van der Waals surface area contributed by atoms with Gasteiger partial charge in [-0.05, 0) is 41.8 Å². The Balaban J connectivity index is 2.79. The molecule has 8 nitrogen and oxygen atoms in total. The molecule has 2 N–H and O–H groups in total. The largest absolute Gasteiger partial charge is 0.507 e. The zero-order chi connectivity index (χ0) is 25.3. The van der Waals surface area contributed by atoms with Crippen LogP contribution in [0.5, 0.6) is 11.5 Å². The summed E-state index contributed by atoms with van der Waals surface area (Å²) in [4.78, 5) is 12.1. The molecular formula is C26H36O8. The molecule has 2 aromatic rings. The molecule has 8 heteroatoms. The van der Waals surface area contributed by atoms with Gasteiger partial charge in [0.25, 0.3) is 0 Å². The predicted octanol–water partition coefficient (Wildman–Crippen LogP) is 3.94. The Hall–Kier alpha value is -2.65. The molecule has 34 heavy (non-hydrogen) atoms. The number of carbonyl (C=O) groups excluding carboxylic acids is 1. The third-order valence-corrected chi connectivity index (χ3v) is 6.07. The minimum atomic E-state index is -0.689. The third kappa shape index (κ3) is 6.27. The fraction of sp³-hybridized carbons (Fsp3) is 0.500. The fourth-order valence-electron chi connectivity index (χ4n) is 4.13. The summed E-state index contributed by atoms with van der Waals surface area (Å²) in [5, 5.41) is 21.5. The standard InChI is InChI=1S/C26H36O8/c1-26(8-7-23(27)34-6,21-9-17(13-30-2)24(28)18(10-21)14-31-3)22-11-19(15-32-4)25(29)20(12-22)16-33-5/h9-12,28-29H,7-8,13-16H2,1-6H3. The maximum Gasteiger partial charge on any atom is 0.305 e. The second-order valence-electron chi connectivity index (χ2n) is 8.43. The van der Waals surface area contributed by atoms with Gasteiger partial charge in [-0.3, -0.25) is 4.79 Å². The van der Waals surface area contributed by atoms with E-state index < -0.39 is 5.41 Å². The average Bonchev–Trinajstić information content (AvgIpc) is 2.82. The van der Waals surface area contributed by atoms with E-state index in [-0.39, 0.29) is 50.3 Å². The topological polar surface area (TPSA) is 104 Å². The van der Waals surface area contributed by atoms with Crippen molar-refractivity contribution in [3.8, 4) is 11.5 Å². The molecule has 0 bridgehead atoms. The van der Waals surface area contributed by atoms with Crippen molar-refractivity contribution in [1.29, 1.82) is 0 Å². The SMILES string of the molecule is COCc1cc(C(C)(CCC(=O)OC)c2cc(COC)c(O)c(COC)c2)cc(COC)c1O. The summed E-state index contributed by atoms with van der Waals surface area (Å²) in [6.07, 6.45) is 0.597. The van der Waals surface area contributed by atoms with E-state index in [1.54, 1.807) is 28.4 Å². The number of carbonyl (C=O) groups is 1. The van der Waals surface area contributed by atoms with Crippen LogP contribution in [-0.4, -0.2) is 51.7 Å². The lowest BCUT2D eigenvalue weighted by atomic mass is 9.71. The Bertz CT molecular complexity index is 850. The lowest BCUT2D eigenvalue weighted by Gasteiger charge is -2.33. The van der Waals surface area contributed by atoms with Crippen molar-refractivity contribution in [2.45, 2.75) is 51.6 Å². The lowest BCUT2D eigenvalue weighted by molar-refractivity contribution is -0.140. The summed E-state index contributed by atoms with van der Waals surface area (Å²) >= 11 is 0. The number of esters is 1. The third-order valence-electron chi connectivity index (χ3n) is 6.07. The summed E-state index contributed by atoms with van der Waals surface area (Å²) in [5.41, 5.74) is 3.50. The van der Waals surface area contributed by atoms with Crippen LogP contribution < -0.4 is 0 Å². The van der Waals surface area contributed by atoms with E-state index in [4.69, 9.17) is 23.7 Å². The number of aromatic hydroxyl groups is 2. The van der Waals surface area contributed by atoms with Crippen molar-refractivity contribution in [1.82, 2.24) is 0 Å². The van der Waals surface area contributed by atoms with Crippen LogP contribution in [0.3, 0.4) is 0 Å². The zero-order valence-electron chi connectivity index (χ0n) is 20.9. The van der Waals surface area contributed by atoms with Crippen molar-refractivity contribution in [3.05, 3.63) is 57.6 Å². The monoisotopic (exact) mass is 476 g/mol. The zero-order valence-corrected chi connectivity index (χ0v) is 20.9. The van der Waals surface area contributed by atoms with E-state index in [0.29, 0.717) is 28.7 Å². The number of hydrogen-bond donors (Lipinski definition) is 2. The number of rotatable bonds is 13. The highest BCUT2D eigenvalue weighted by Crippen LogP contribution is 2.42. The molecule has 0 aliphatic rings. The van der Waals surface area contributed by atoms with Gasteiger partial charge < -0.3 is 33.9 Å². The van der Waals surface area contributed by atoms with Gasteiger partial charge in [0, 0.05) is 62.5 Å². The van der Waals surface area contributed by atoms with Crippen LogP contribution in [0.25, 0.3) is 0 Å². The minimum absolute atomic E-state index is 0.119. The second-order valence-corrected chi connectivity index (χ2v) is 8.43. The van der Waals surface area contributed by atoms with Gasteiger partial charge in [-0.1, -0.05) is 6.92 Å². The Morgan fingerprint density at radius 3 is 1.29 bits per heavy atom.